The molecule has 2 aliphatic heterocycles. The van der Waals surface area contributed by atoms with Gasteiger partial charge in [0, 0.05) is 44.3 Å². The van der Waals surface area contributed by atoms with Gasteiger partial charge in [-0.2, -0.15) is 9.57 Å². The largest absolute Gasteiger partial charge is 0.370 e. The lowest BCUT2D eigenvalue weighted by Crippen LogP contribution is -2.58. The molecule has 0 N–H and O–H groups in total. The van der Waals surface area contributed by atoms with E-state index in [0.717, 1.165) is 12.8 Å². The third-order valence-electron chi connectivity index (χ3n) is 7.59. The van der Waals surface area contributed by atoms with Crippen LogP contribution in [0.15, 0.2) is 24.4 Å². The number of fused-ring (bicyclic) bond motifs is 1. The molecule has 3 heterocycles. The van der Waals surface area contributed by atoms with Crippen molar-refractivity contribution in [3.8, 4) is 6.07 Å². The lowest BCUT2D eigenvalue weighted by molar-refractivity contribution is 0.0601. The molecule has 0 radical (unpaired) electrons. The molecule has 3 fully saturated rings. The summed E-state index contributed by atoms with van der Waals surface area (Å²) in [6.07, 6.45) is 5.53. The molecule has 1 saturated carbocycles. The van der Waals surface area contributed by atoms with Crippen molar-refractivity contribution in [1.82, 2.24) is 14.2 Å². The fraction of sp³-hybridized carbons (Fsp3) is 0.542. The Balaban J connectivity index is 1.52. The van der Waals surface area contributed by atoms with Crippen molar-refractivity contribution >= 4 is 32.5 Å². The van der Waals surface area contributed by atoms with Gasteiger partial charge in [-0.1, -0.05) is 0 Å². The molecular formula is C24H28FN5O3S. The van der Waals surface area contributed by atoms with E-state index >= 15 is 0 Å². The Morgan fingerprint density at radius 3 is 2.47 bits per heavy atom. The SMILES string of the molecule is CC1(C#N)CCN(c2c(C(=O)N3CCN(S(C)(=O)=O)C4(CC4)C3)cnc3ccc(F)cc23)CC1. The molecule has 180 valence electrons. The number of halogens is 1. The smallest absolute Gasteiger partial charge is 0.257 e. The number of aromatic nitrogens is 1. The number of piperazine rings is 1. The summed E-state index contributed by atoms with van der Waals surface area (Å²) in [6.45, 7) is 3.99. The first kappa shape index (κ1) is 23.0. The standard InChI is InChI=1S/C24H28FN5O3S/c1-23(15-26)7-9-28(10-8-23)21-18-13-17(25)3-4-20(18)27-14-19(21)22(31)29-11-12-30(34(2,32)33)24(16-29)5-6-24/h3-4,13-14H,5-12,16H2,1-2H3. The van der Waals surface area contributed by atoms with Gasteiger partial charge in [-0.05, 0) is 50.8 Å². The van der Waals surface area contributed by atoms with E-state index in [1.165, 1.54) is 22.7 Å². The van der Waals surface area contributed by atoms with E-state index in [1.807, 2.05) is 6.92 Å². The maximum absolute atomic E-state index is 14.3. The van der Waals surface area contributed by atoms with Gasteiger partial charge in [-0.15, -0.1) is 0 Å². The first-order chi connectivity index (χ1) is 16.1. The number of piperidine rings is 1. The van der Waals surface area contributed by atoms with E-state index < -0.39 is 26.8 Å². The van der Waals surface area contributed by atoms with Gasteiger partial charge < -0.3 is 9.80 Å². The molecule has 0 bridgehead atoms. The topological polar surface area (TPSA) is 97.6 Å². The zero-order valence-electron chi connectivity index (χ0n) is 19.4. The predicted octanol–water partition coefficient (Wildman–Crippen LogP) is 2.75. The molecule has 1 aromatic heterocycles. The summed E-state index contributed by atoms with van der Waals surface area (Å²) in [5, 5.41) is 10.1. The Kier molecular flexibility index (Phi) is 5.33. The van der Waals surface area contributed by atoms with Gasteiger partial charge in [0.2, 0.25) is 10.0 Å². The van der Waals surface area contributed by atoms with Crippen LogP contribution in [0.3, 0.4) is 0 Å². The number of anilines is 1. The summed E-state index contributed by atoms with van der Waals surface area (Å²) in [6, 6.07) is 6.76. The Labute approximate surface area is 199 Å². The number of nitriles is 1. The summed E-state index contributed by atoms with van der Waals surface area (Å²) in [4.78, 5) is 22.0. The van der Waals surface area contributed by atoms with Gasteiger partial charge in [0.15, 0.2) is 0 Å². The van der Waals surface area contributed by atoms with Gasteiger partial charge in [0.1, 0.15) is 5.82 Å². The molecule has 1 aliphatic carbocycles. The van der Waals surface area contributed by atoms with Gasteiger partial charge in [0.05, 0.1) is 40.0 Å². The van der Waals surface area contributed by atoms with Crippen molar-refractivity contribution in [3.63, 3.8) is 0 Å². The molecular weight excluding hydrogens is 457 g/mol. The Hall–Kier alpha value is -2.77. The number of pyridine rings is 1. The molecule has 0 atom stereocenters. The number of benzene rings is 1. The fourth-order valence-electron chi connectivity index (χ4n) is 5.36. The molecule has 8 nitrogen and oxygen atoms in total. The number of rotatable bonds is 3. The van der Waals surface area contributed by atoms with Crippen molar-refractivity contribution in [2.24, 2.45) is 5.41 Å². The fourth-order valence-corrected chi connectivity index (χ4v) is 6.72. The summed E-state index contributed by atoms with van der Waals surface area (Å²) < 4.78 is 40.3. The second kappa shape index (κ2) is 7.89. The minimum absolute atomic E-state index is 0.221. The average Bonchev–Trinajstić information content (AvgIpc) is 3.56. The highest BCUT2D eigenvalue weighted by Crippen LogP contribution is 2.46. The molecule has 1 amide bonds. The highest BCUT2D eigenvalue weighted by atomic mass is 32.2. The van der Waals surface area contributed by atoms with Crippen LogP contribution in [-0.2, 0) is 10.0 Å². The second-order valence-electron chi connectivity index (χ2n) is 10.1. The molecule has 1 aromatic carbocycles. The van der Waals surface area contributed by atoms with Gasteiger partial charge in [0.25, 0.3) is 5.91 Å². The monoisotopic (exact) mass is 485 g/mol. The van der Waals surface area contributed by atoms with E-state index in [9.17, 15) is 22.9 Å². The van der Waals surface area contributed by atoms with Crippen LogP contribution in [0.5, 0.6) is 0 Å². The summed E-state index contributed by atoms with van der Waals surface area (Å²) in [5.74, 6) is -0.626. The third kappa shape index (κ3) is 3.91. The van der Waals surface area contributed by atoms with Crippen molar-refractivity contribution in [2.75, 3.05) is 43.9 Å². The zero-order chi connectivity index (χ0) is 24.3. The Morgan fingerprint density at radius 1 is 1.15 bits per heavy atom. The quantitative estimate of drug-likeness (QED) is 0.663. The molecule has 3 aliphatic rings. The molecule has 34 heavy (non-hydrogen) atoms. The van der Waals surface area contributed by atoms with Crippen LogP contribution in [0.2, 0.25) is 0 Å². The Morgan fingerprint density at radius 2 is 1.85 bits per heavy atom. The number of carbonyl (C=O) groups excluding carboxylic acids is 1. The minimum atomic E-state index is -3.35. The number of carbonyl (C=O) groups is 1. The van der Waals surface area contributed by atoms with Crippen LogP contribution >= 0.6 is 0 Å². The lowest BCUT2D eigenvalue weighted by atomic mass is 9.81. The number of amides is 1. The number of hydrogen-bond acceptors (Lipinski definition) is 6. The van der Waals surface area contributed by atoms with Gasteiger partial charge >= 0.3 is 0 Å². The molecule has 5 rings (SSSR count). The number of hydrogen-bond donors (Lipinski definition) is 0. The van der Waals surface area contributed by atoms with Crippen LogP contribution < -0.4 is 4.90 Å². The van der Waals surface area contributed by atoms with Crippen molar-refractivity contribution in [1.29, 1.82) is 5.26 Å². The van der Waals surface area contributed by atoms with E-state index in [1.54, 1.807) is 17.2 Å². The minimum Gasteiger partial charge on any atom is -0.370 e. The van der Waals surface area contributed by atoms with Crippen LogP contribution in [0.4, 0.5) is 10.1 Å². The summed E-state index contributed by atoms with van der Waals surface area (Å²) in [5.41, 5.74) is 0.696. The highest BCUT2D eigenvalue weighted by Gasteiger charge is 2.55. The van der Waals surface area contributed by atoms with E-state index in [4.69, 9.17) is 0 Å². The first-order valence-corrected chi connectivity index (χ1v) is 13.4. The molecule has 2 saturated heterocycles. The molecule has 1 spiro atoms. The zero-order valence-corrected chi connectivity index (χ0v) is 20.2. The van der Waals surface area contributed by atoms with Crippen LogP contribution in [0.1, 0.15) is 43.0 Å². The summed E-state index contributed by atoms with van der Waals surface area (Å²) >= 11 is 0. The highest BCUT2D eigenvalue weighted by molar-refractivity contribution is 7.88. The molecule has 2 aromatic rings. The van der Waals surface area contributed by atoms with Crippen molar-refractivity contribution < 1.29 is 17.6 Å². The average molecular weight is 486 g/mol. The lowest BCUT2D eigenvalue weighted by Gasteiger charge is -2.41. The van der Waals surface area contributed by atoms with Crippen LogP contribution in [0.25, 0.3) is 10.9 Å². The maximum Gasteiger partial charge on any atom is 0.257 e. The molecule has 0 unspecified atom stereocenters. The van der Waals surface area contributed by atoms with Gasteiger partial charge in [-0.25, -0.2) is 12.8 Å². The third-order valence-corrected chi connectivity index (χ3v) is 8.96. The predicted molar refractivity (Wildman–Crippen MR) is 126 cm³/mol. The molecule has 10 heteroatoms. The first-order valence-electron chi connectivity index (χ1n) is 11.6. The Bertz CT molecular complexity index is 1310. The number of nitrogens with zero attached hydrogens (tertiary/aromatic N) is 5. The number of sulfonamides is 1. The van der Waals surface area contributed by atoms with Crippen molar-refractivity contribution in [2.45, 2.75) is 38.1 Å². The van der Waals surface area contributed by atoms with E-state index in [2.05, 4.69) is 16.0 Å². The van der Waals surface area contributed by atoms with E-state index in [-0.39, 0.29) is 12.5 Å². The summed E-state index contributed by atoms with van der Waals surface area (Å²) in [7, 11) is -3.35. The van der Waals surface area contributed by atoms with Crippen LogP contribution in [0, 0.1) is 22.6 Å². The van der Waals surface area contributed by atoms with Gasteiger partial charge in [-0.3, -0.25) is 9.78 Å². The normalized spacial score (nSPS) is 22.1. The van der Waals surface area contributed by atoms with E-state index in [0.29, 0.717) is 61.2 Å². The second-order valence-corrected chi connectivity index (χ2v) is 12.0. The van der Waals surface area contributed by atoms with Crippen molar-refractivity contribution in [3.05, 3.63) is 35.8 Å². The maximum atomic E-state index is 14.3. The van der Waals surface area contributed by atoms with Crippen LogP contribution in [-0.4, -0.2) is 73.0 Å².